The van der Waals surface area contributed by atoms with Crippen LogP contribution in [0.2, 0.25) is 0 Å². The highest BCUT2D eigenvalue weighted by molar-refractivity contribution is 7.09. The molecular formula is C16H27N3O2S. The third-order valence-corrected chi connectivity index (χ3v) is 5.16. The number of thiazole rings is 1. The predicted octanol–water partition coefficient (Wildman–Crippen LogP) is 2.16. The van der Waals surface area contributed by atoms with E-state index in [1.165, 1.54) is 5.01 Å². The Morgan fingerprint density at radius 1 is 1.36 bits per heavy atom. The molecule has 2 heterocycles. The van der Waals surface area contributed by atoms with E-state index in [0.717, 1.165) is 57.7 Å². The summed E-state index contributed by atoms with van der Waals surface area (Å²) < 4.78 is 5.28. The SMILES string of the molecule is CCc1nc(CN2CCCN(C(=O)[C@H](CC)OC)CC2)cs1. The molecule has 0 saturated carbocycles. The molecule has 1 saturated heterocycles. The van der Waals surface area contributed by atoms with Gasteiger partial charge in [0.2, 0.25) is 0 Å². The summed E-state index contributed by atoms with van der Waals surface area (Å²) in [5, 5.41) is 3.36. The second kappa shape index (κ2) is 8.60. The number of hydrogen-bond acceptors (Lipinski definition) is 5. The molecule has 1 amide bonds. The molecule has 6 heteroatoms. The van der Waals surface area contributed by atoms with Crippen LogP contribution in [0.3, 0.4) is 0 Å². The highest BCUT2D eigenvalue weighted by Crippen LogP contribution is 2.14. The van der Waals surface area contributed by atoms with Crippen molar-refractivity contribution in [3.63, 3.8) is 0 Å². The van der Waals surface area contributed by atoms with E-state index < -0.39 is 0 Å². The number of carbonyl (C=O) groups is 1. The van der Waals surface area contributed by atoms with Crippen LogP contribution in [-0.2, 0) is 22.5 Å². The fraction of sp³-hybridized carbons (Fsp3) is 0.750. The number of amides is 1. The fourth-order valence-corrected chi connectivity index (χ4v) is 3.54. The summed E-state index contributed by atoms with van der Waals surface area (Å²) in [4.78, 5) is 21.4. The Morgan fingerprint density at radius 3 is 2.82 bits per heavy atom. The van der Waals surface area contributed by atoms with Gasteiger partial charge in [-0.05, 0) is 19.3 Å². The van der Waals surface area contributed by atoms with Gasteiger partial charge in [-0.15, -0.1) is 11.3 Å². The summed E-state index contributed by atoms with van der Waals surface area (Å²) in [5.41, 5.74) is 1.16. The molecule has 1 atom stereocenters. The van der Waals surface area contributed by atoms with Gasteiger partial charge in [0.05, 0.1) is 10.7 Å². The maximum absolute atomic E-state index is 12.4. The summed E-state index contributed by atoms with van der Waals surface area (Å²) in [6.45, 7) is 8.55. The van der Waals surface area contributed by atoms with Crippen LogP contribution >= 0.6 is 11.3 Å². The first-order chi connectivity index (χ1) is 10.7. The largest absolute Gasteiger partial charge is 0.372 e. The maximum atomic E-state index is 12.4. The van der Waals surface area contributed by atoms with E-state index in [1.54, 1.807) is 18.4 Å². The van der Waals surface area contributed by atoms with Crippen molar-refractivity contribution in [3.05, 3.63) is 16.1 Å². The van der Waals surface area contributed by atoms with Crippen LogP contribution in [-0.4, -0.2) is 60.1 Å². The zero-order valence-corrected chi connectivity index (χ0v) is 14.7. The number of rotatable bonds is 6. The Kier molecular flexibility index (Phi) is 6.79. The molecule has 1 aromatic rings. The molecule has 124 valence electrons. The lowest BCUT2D eigenvalue weighted by Crippen LogP contribution is -2.41. The van der Waals surface area contributed by atoms with Crippen LogP contribution in [0.25, 0.3) is 0 Å². The molecule has 5 nitrogen and oxygen atoms in total. The van der Waals surface area contributed by atoms with E-state index in [0.29, 0.717) is 0 Å². The van der Waals surface area contributed by atoms with Crippen molar-refractivity contribution in [2.75, 3.05) is 33.3 Å². The van der Waals surface area contributed by atoms with Gasteiger partial charge in [0.1, 0.15) is 6.10 Å². The third-order valence-electron chi connectivity index (χ3n) is 4.12. The van der Waals surface area contributed by atoms with Gasteiger partial charge in [0.15, 0.2) is 0 Å². The first-order valence-electron chi connectivity index (χ1n) is 8.15. The lowest BCUT2D eigenvalue weighted by molar-refractivity contribution is -0.142. The summed E-state index contributed by atoms with van der Waals surface area (Å²) in [5.74, 6) is 0.133. The topological polar surface area (TPSA) is 45.7 Å². The highest BCUT2D eigenvalue weighted by Gasteiger charge is 2.25. The van der Waals surface area contributed by atoms with Crippen LogP contribution in [0.15, 0.2) is 5.38 Å². The van der Waals surface area contributed by atoms with E-state index in [4.69, 9.17) is 4.74 Å². The number of hydrogen-bond donors (Lipinski definition) is 0. The molecule has 0 N–H and O–H groups in total. The number of ether oxygens (including phenoxy) is 1. The number of methoxy groups -OCH3 is 1. The number of aryl methyl sites for hydroxylation is 1. The second-order valence-electron chi connectivity index (χ2n) is 5.67. The second-order valence-corrected chi connectivity index (χ2v) is 6.62. The summed E-state index contributed by atoms with van der Waals surface area (Å²) in [7, 11) is 1.61. The first kappa shape index (κ1) is 17.4. The molecule has 0 spiro atoms. The van der Waals surface area contributed by atoms with E-state index in [-0.39, 0.29) is 12.0 Å². The van der Waals surface area contributed by atoms with Crippen molar-refractivity contribution < 1.29 is 9.53 Å². The van der Waals surface area contributed by atoms with Crippen LogP contribution in [0.1, 0.15) is 37.4 Å². The minimum atomic E-state index is -0.294. The number of nitrogens with zero attached hydrogens (tertiary/aromatic N) is 3. The van der Waals surface area contributed by atoms with Gasteiger partial charge < -0.3 is 9.64 Å². The number of carbonyl (C=O) groups excluding carboxylic acids is 1. The minimum absolute atomic E-state index is 0.133. The Labute approximate surface area is 137 Å². The van der Waals surface area contributed by atoms with Gasteiger partial charge in [0.25, 0.3) is 5.91 Å². The zero-order chi connectivity index (χ0) is 15.9. The summed E-state index contributed by atoms with van der Waals surface area (Å²) in [6.07, 6.45) is 2.45. The maximum Gasteiger partial charge on any atom is 0.251 e. The monoisotopic (exact) mass is 325 g/mol. The molecule has 0 aromatic carbocycles. The molecule has 0 bridgehead atoms. The summed E-state index contributed by atoms with van der Waals surface area (Å²) in [6, 6.07) is 0. The zero-order valence-electron chi connectivity index (χ0n) is 13.9. The van der Waals surface area contributed by atoms with Crippen LogP contribution < -0.4 is 0 Å². The van der Waals surface area contributed by atoms with Crippen molar-refractivity contribution in [1.82, 2.24) is 14.8 Å². The first-order valence-corrected chi connectivity index (χ1v) is 9.03. The molecule has 1 aliphatic heterocycles. The highest BCUT2D eigenvalue weighted by atomic mass is 32.1. The Morgan fingerprint density at radius 2 is 2.18 bits per heavy atom. The van der Waals surface area contributed by atoms with E-state index in [1.807, 2.05) is 11.8 Å². The van der Waals surface area contributed by atoms with Crippen molar-refractivity contribution in [1.29, 1.82) is 0 Å². The predicted molar refractivity (Wildman–Crippen MR) is 89.1 cm³/mol. The smallest absolute Gasteiger partial charge is 0.251 e. The van der Waals surface area contributed by atoms with Crippen molar-refractivity contribution in [2.45, 2.75) is 45.8 Å². The minimum Gasteiger partial charge on any atom is -0.372 e. The van der Waals surface area contributed by atoms with Gasteiger partial charge in [-0.25, -0.2) is 4.98 Å². The molecular weight excluding hydrogens is 298 g/mol. The van der Waals surface area contributed by atoms with E-state index in [9.17, 15) is 4.79 Å². The molecule has 0 radical (unpaired) electrons. The standard InChI is InChI=1S/C16H27N3O2S/c1-4-14(21-3)16(20)19-8-6-7-18(9-10-19)11-13-12-22-15(5-2)17-13/h12,14H,4-11H2,1-3H3/t14-/m0/s1. The molecule has 1 aliphatic rings. The average molecular weight is 325 g/mol. The normalized spacial score (nSPS) is 18.2. The van der Waals surface area contributed by atoms with Crippen LogP contribution in [0, 0.1) is 0 Å². The Bertz CT molecular complexity index is 474. The molecule has 0 aliphatic carbocycles. The van der Waals surface area contributed by atoms with Gasteiger partial charge >= 0.3 is 0 Å². The molecule has 0 unspecified atom stereocenters. The quantitative estimate of drug-likeness (QED) is 0.804. The van der Waals surface area contributed by atoms with Gasteiger partial charge in [0, 0.05) is 45.2 Å². The van der Waals surface area contributed by atoms with Gasteiger partial charge in [-0.2, -0.15) is 0 Å². The van der Waals surface area contributed by atoms with Crippen LogP contribution in [0.4, 0.5) is 0 Å². The Hall–Kier alpha value is -0.980. The third kappa shape index (κ3) is 4.51. The lowest BCUT2D eigenvalue weighted by atomic mass is 10.2. The fourth-order valence-electron chi connectivity index (χ4n) is 2.81. The molecule has 22 heavy (non-hydrogen) atoms. The van der Waals surface area contributed by atoms with Gasteiger partial charge in [-0.1, -0.05) is 13.8 Å². The van der Waals surface area contributed by atoms with E-state index >= 15 is 0 Å². The Balaban J connectivity index is 1.88. The molecule has 1 fully saturated rings. The number of aromatic nitrogens is 1. The average Bonchev–Trinajstić information content (AvgIpc) is 2.85. The van der Waals surface area contributed by atoms with Crippen molar-refractivity contribution in [2.24, 2.45) is 0 Å². The lowest BCUT2D eigenvalue weighted by Gasteiger charge is -2.25. The molecule has 2 rings (SSSR count). The van der Waals surface area contributed by atoms with E-state index in [2.05, 4.69) is 22.2 Å². The van der Waals surface area contributed by atoms with Crippen molar-refractivity contribution >= 4 is 17.2 Å². The molecule has 1 aromatic heterocycles. The van der Waals surface area contributed by atoms with Crippen molar-refractivity contribution in [3.8, 4) is 0 Å². The van der Waals surface area contributed by atoms with Gasteiger partial charge in [-0.3, -0.25) is 9.69 Å². The summed E-state index contributed by atoms with van der Waals surface area (Å²) >= 11 is 1.74. The van der Waals surface area contributed by atoms with Crippen LogP contribution in [0.5, 0.6) is 0 Å².